The summed E-state index contributed by atoms with van der Waals surface area (Å²) in [6.07, 6.45) is 3.06. The molecule has 2 heterocycles. The summed E-state index contributed by atoms with van der Waals surface area (Å²) in [7, 11) is 0. The summed E-state index contributed by atoms with van der Waals surface area (Å²) in [5.41, 5.74) is 5.55. The number of nitrogens with zero attached hydrogens (tertiary/aromatic N) is 3. The van der Waals surface area contributed by atoms with Crippen molar-refractivity contribution < 1.29 is 4.74 Å². The molecular weight excluding hydrogens is 250 g/mol. The SMILES string of the molecule is Nc1ncc(Br)nc1Oc1ccn[nH]1. The molecule has 0 aliphatic heterocycles. The van der Waals surface area contributed by atoms with Gasteiger partial charge in [0.05, 0.1) is 12.4 Å². The van der Waals surface area contributed by atoms with E-state index in [-0.39, 0.29) is 11.7 Å². The first-order valence-corrected chi connectivity index (χ1v) is 4.50. The van der Waals surface area contributed by atoms with E-state index < -0.39 is 0 Å². The Bertz CT molecular complexity index is 430. The number of nitrogen functional groups attached to an aromatic ring is 1. The zero-order valence-corrected chi connectivity index (χ0v) is 8.52. The number of halogens is 1. The second-order valence-electron chi connectivity index (χ2n) is 2.41. The second-order valence-corrected chi connectivity index (χ2v) is 3.22. The van der Waals surface area contributed by atoms with Crippen LogP contribution in [0.1, 0.15) is 0 Å². The summed E-state index contributed by atoms with van der Waals surface area (Å²) in [5, 5.41) is 6.34. The van der Waals surface area contributed by atoms with Crippen LogP contribution in [-0.2, 0) is 0 Å². The van der Waals surface area contributed by atoms with Crippen molar-refractivity contribution in [1.29, 1.82) is 0 Å². The Labute approximate surface area is 87.6 Å². The summed E-state index contributed by atoms with van der Waals surface area (Å²) in [6, 6.07) is 1.65. The fourth-order valence-electron chi connectivity index (χ4n) is 0.840. The lowest BCUT2D eigenvalue weighted by atomic mass is 10.6. The highest BCUT2D eigenvalue weighted by Gasteiger charge is 2.06. The topological polar surface area (TPSA) is 89.7 Å². The Morgan fingerprint density at radius 1 is 1.50 bits per heavy atom. The molecule has 0 unspecified atom stereocenters. The predicted molar refractivity (Wildman–Crippen MR) is 52.8 cm³/mol. The van der Waals surface area contributed by atoms with Crippen molar-refractivity contribution in [3.63, 3.8) is 0 Å². The molecule has 0 atom stereocenters. The molecule has 0 radical (unpaired) electrons. The average Bonchev–Trinajstić information content (AvgIpc) is 2.64. The number of H-pyrrole nitrogens is 1. The molecule has 0 amide bonds. The molecule has 7 heteroatoms. The van der Waals surface area contributed by atoms with Crippen molar-refractivity contribution in [2.75, 3.05) is 5.73 Å². The fourth-order valence-corrected chi connectivity index (χ4v) is 1.10. The zero-order valence-electron chi connectivity index (χ0n) is 6.94. The van der Waals surface area contributed by atoms with Crippen LogP contribution in [0, 0.1) is 0 Å². The van der Waals surface area contributed by atoms with E-state index in [0.717, 1.165) is 0 Å². The van der Waals surface area contributed by atoms with Gasteiger partial charge in [-0.1, -0.05) is 0 Å². The summed E-state index contributed by atoms with van der Waals surface area (Å²) < 4.78 is 5.84. The first-order valence-electron chi connectivity index (χ1n) is 3.71. The largest absolute Gasteiger partial charge is 0.417 e. The van der Waals surface area contributed by atoms with Crippen molar-refractivity contribution in [3.05, 3.63) is 23.1 Å². The van der Waals surface area contributed by atoms with Gasteiger partial charge in [-0.15, -0.1) is 0 Å². The Morgan fingerprint density at radius 3 is 3.07 bits per heavy atom. The number of nitrogens with one attached hydrogen (secondary N) is 1. The number of aromatic nitrogens is 4. The summed E-state index contributed by atoms with van der Waals surface area (Å²) in [6.45, 7) is 0. The summed E-state index contributed by atoms with van der Waals surface area (Å²) >= 11 is 3.17. The number of ether oxygens (including phenoxy) is 1. The van der Waals surface area contributed by atoms with Crippen molar-refractivity contribution in [2.24, 2.45) is 0 Å². The Balaban J connectivity index is 2.28. The lowest BCUT2D eigenvalue weighted by Gasteiger charge is -2.03. The van der Waals surface area contributed by atoms with E-state index >= 15 is 0 Å². The highest BCUT2D eigenvalue weighted by Crippen LogP contribution is 2.22. The van der Waals surface area contributed by atoms with Crippen molar-refractivity contribution in [1.82, 2.24) is 20.2 Å². The highest BCUT2D eigenvalue weighted by atomic mass is 79.9. The molecule has 0 aliphatic rings. The van der Waals surface area contributed by atoms with E-state index in [1.807, 2.05) is 0 Å². The third-order valence-corrected chi connectivity index (χ3v) is 1.80. The predicted octanol–water partition coefficient (Wildman–Crippen LogP) is 1.34. The molecule has 0 aliphatic carbocycles. The van der Waals surface area contributed by atoms with E-state index in [0.29, 0.717) is 10.5 Å². The minimum absolute atomic E-state index is 0.225. The molecule has 3 N–H and O–H groups in total. The molecular formula is C7H6BrN5O. The smallest absolute Gasteiger partial charge is 0.265 e. The lowest BCUT2D eigenvalue weighted by molar-refractivity contribution is 0.443. The van der Waals surface area contributed by atoms with Gasteiger partial charge < -0.3 is 10.5 Å². The Morgan fingerprint density at radius 2 is 2.36 bits per heavy atom. The van der Waals surface area contributed by atoms with E-state index in [4.69, 9.17) is 10.5 Å². The maximum atomic E-state index is 5.55. The van der Waals surface area contributed by atoms with E-state index in [1.165, 1.54) is 6.20 Å². The average molecular weight is 256 g/mol. The molecule has 0 bridgehead atoms. The van der Waals surface area contributed by atoms with Gasteiger partial charge in [0.2, 0.25) is 5.88 Å². The van der Waals surface area contributed by atoms with Crippen molar-refractivity contribution in [3.8, 4) is 11.8 Å². The van der Waals surface area contributed by atoms with Crippen molar-refractivity contribution >= 4 is 21.7 Å². The molecule has 0 saturated heterocycles. The van der Waals surface area contributed by atoms with Gasteiger partial charge in [0, 0.05) is 6.07 Å². The van der Waals surface area contributed by atoms with E-state index in [2.05, 4.69) is 36.1 Å². The number of anilines is 1. The minimum Gasteiger partial charge on any atom is -0.417 e. The number of nitrogens with two attached hydrogens (primary N) is 1. The number of aromatic amines is 1. The van der Waals surface area contributed by atoms with Crippen LogP contribution in [0.25, 0.3) is 0 Å². The number of hydrogen-bond acceptors (Lipinski definition) is 5. The van der Waals surface area contributed by atoms with Crippen LogP contribution in [-0.4, -0.2) is 20.2 Å². The number of hydrogen-bond donors (Lipinski definition) is 2. The van der Waals surface area contributed by atoms with Gasteiger partial charge in [0.1, 0.15) is 4.60 Å². The van der Waals surface area contributed by atoms with Gasteiger partial charge in [-0.3, -0.25) is 0 Å². The molecule has 72 valence electrons. The molecule has 14 heavy (non-hydrogen) atoms. The second kappa shape index (κ2) is 3.62. The van der Waals surface area contributed by atoms with Crippen LogP contribution in [0.2, 0.25) is 0 Å². The first kappa shape index (κ1) is 8.95. The highest BCUT2D eigenvalue weighted by molar-refractivity contribution is 9.10. The van der Waals surface area contributed by atoms with Gasteiger partial charge in [0.15, 0.2) is 5.82 Å². The van der Waals surface area contributed by atoms with E-state index in [1.54, 1.807) is 12.3 Å². The number of rotatable bonds is 2. The van der Waals surface area contributed by atoms with Crippen LogP contribution in [0.3, 0.4) is 0 Å². The maximum Gasteiger partial charge on any atom is 0.265 e. The lowest BCUT2D eigenvalue weighted by Crippen LogP contribution is -1.98. The van der Waals surface area contributed by atoms with Crippen LogP contribution in [0.4, 0.5) is 5.82 Å². The molecule has 0 spiro atoms. The third kappa shape index (κ3) is 1.82. The molecule has 0 aromatic carbocycles. The van der Waals surface area contributed by atoms with Crippen LogP contribution in [0.5, 0.6) is 11.8 Å². The Hall–Kier alpha value is -1.63. The maximum absolute atomic E-state index is 5.55. The first-order chi connectivity index (χ1) is 6.75. The van der Waals surface area contributed by atoms with Gasteiger partial charge in [-0.05, 0) is 15.9 Å². The molecule has 2 aromatic heterocycles. The molecule has 0 fully saturated rings. The van der Waals surface area contributed by atoms with Gasteiger partial charge in [0.25, 0.3) is 5.88 Å². The quantitative estimate of drug-likeness (QED) is 0.846. The van der Waals surface area contributed by atoms with Crippen LogP contribution >= 0.6 is 15.9 Å². The summed E-state index contributed by atoms with van der Waals surface area (Å²) in [5.74, 6) is 0.926. The fraction of sp³-hybridized carbons (Fsp3) is 0. The normalized spacial score (nSPS) is 10.1. The van der Waals surface area contributed by atoms with Crippen LogP contribution in [0.15, 0.2) is 23.1 Å². The standard InChI is InChI=1S/C7H6BrN5O/c8-4-3-10-6(9)7(12-4)14-5-1-2-11-13-5/h1-3H,(H2,9,10)(H,11,13). The van der Waals surface area contributed by atoms with Gasteiger partial charge in [-0.25, -0.2) is 15.1 Å². The van der Waals surface area contributed by atoms with E-state index in [9.17, 15) is 0 Å². The molecule has 6 nitrogen and oxygen atoms in total. The molecule has 0 saturated carbocycles. The van der Waals surface area contributed by atoms with Gasteiger partial charge in [-0.2, -0.15) is 5.10 Å². The van der Waals surface area contributed by atoms with Gasteiger partial charge >= 0.3 is 0 Å². The monoisotopic (exact) mass is 255 g/mol. The molecule has 2 aromatic rings. The minimum atomic E-state index is 0.225. The third-order valence-electron chi connectivity index (χ3n) is 1.42. The van der Waals surface area contributed by atoms with Crippen LogP contribution < -0.4 is 10.5 Å². The Kier molecular flexibility index (Phi) is 2.32. The zero-order chi connectivity index (χ0) is 9.97. The summed E-state index contributed by atoms with van der Waals surface area (Å²) in [4.78, 5) is 7.88. The molecule has 2 rings (SSSR count). The van der Waals surface area contributed by atoms with Crippen molar-refractivity contribution in [2.45, 2.75) is 0 Å².